The lowest BCUT2D eigenvalue weighted by molar-refractivity contribution is 0.566. The van der Waals surface area contributed by atoms with Crippen molar-refractivity contribution in [2.24, 2.45) is 0 Å². The van der Waals surface area contributed by atoms with E-state index < -0.39 is 24.8 Å². The highest BCUT2D eigenvalue weighted by Crippen LogP contribution is 2.27. The van der Waals surface area contributed by atoms with E-state index in [2.05, 4.69) is 10.0 Å². The van der Waals surface area contributed by atoms with Gasteiger partial charge in [-0.2, -0.15) is 0 Å². The third kappa shape index (κ3) is 5.02. The Morgan fingerprint density at radius 3 is 2.31 bits per heavy atom. The van der Waals surface area contributed by atoms with Gasteiger partial charge >= 0.3 is 0 Å². The Balaban J connectivity index is 1.64. The first-order valence-electron chi connectivity index (χ1n) is 9.44. The average molecular weight is 438 g/mol. The second kappa shape index (κ2) is 7.87. The average Bonchev–Trinajstić information content (AvgIpc) is 2.99. The van der Waals surface area contributed by atoms with Crippen LogP contribution in [0.2, 0.25) is 0 Å². The molecule has 3 rings (SSSR count). The normalized spacial score (nSPS) is 16.6. The molecule has 0 spiro atoms. The lowest BCUT2D eigenvalue weighted by Crippen LogP contribution is -2.33. The largest absolute Gasteiger partial charge is 0.381 e. The summed E-state index contributed by atoms with van der Waals surface area (Å²) in [6, 6.07) is 14.5. The van der Waals surface area contributed by atoms with Crippen LogP contribution < -0.4 is 14.3 Å². The highest BCUT2D eigenvalue weighted by molar-refractivity contribution is 7.94. The number of rotatable bonds is 6. The van der Waals surface area contributed by atoms with Crippen LogP contribution in [0.15, 0.2) is 48.5 Å². The van der Waals surface area contributed by atoms with Gasteiger partial charge in [0.25, 0.3) is 0 Å². The predicted octanol–water partition coefficient (Wildman–Crippen LogP) is 3.38. The summed E-state index contributed by atoms with van der Waals surface area (Å²) in [5.41, 5.74) is 2.98. The third-order valence-electron chi connectivity index (χ3n) is 4.74. The van der Waals surface area contributed by atoms with Crippen LogP contribution in [-0.2, 0) is 26.6 Å². The topological polar surface area (TPSA) is 95.6 Å². The van der Waals surface area contributed by atoms with Gasteiger partial charge in [-0.1, -0.05) is 18.2 Å². The minimum Gasteiger partial charge on any atom is -0.381 e. The summed E-state index contributed by atoms with van der Waals surface area (Å²) in [6.45, 7) is 5.99. The van der Waals surface area contributed by atoms with E-state index in [0.29, 0.717) is 30.9 Å². The SMILES string of the molecule is CC(C)(C)S(=O)(=O)Nc1ccc(CNc2cccc(N3CCCS3(=O)=O)c2)cc1. The molecule has 2 aromatic rings. The molecular weight excluding hydrogens is 410 g/mol. The van der Waals surface area contributed by atoms with E-state index >= 15 is 0 Å². The van der Waals surface area contributed by atoms with Crippen LogP contribution >= 0.6 is 0 Å². The molecule has 1 aliphatic heterocycles. The summed E-state index contributed by atoms with van der Waals surface area (Å²) in [6.07, 6.45) is 0.644. The van der Waals surface area contributed by atoms with Crippen molar-refractivity contribution in [3.05, 3.63) is 54.1 Å². The predicted molar refractivity (Wildman–Crippen MR) is 118 cm³/mol. The molecule has 2 N–H and O–H groups in total. The second-order valence-electron chi connectivity index (χ2n) is 8.06. The monoisotopic (exact) mass is 437 g/mol. The minimum absolute atomic E-state index is 0.190. The number of benzene rings is 2. The molecule has 29 heavy (non-hydrogen) atoms. The van der Waals surface area contributed by atoms with Crippen LogP contribution in [0.25, 0.3) is 0 Å². The molecule has 9 heteroatoms. The van der Waals surface area contributed by atoms with E-state index in [1.807, 2.05) is 30.3 Å². The van der Waals surface area contributed by atoms with Crippen LogP contribution in [-0.4, -0.2) is 33.9 Å². The lowest BCUT2D eigenvalue weighted by atomic mass is 10.2. The Morgan fingerprint density at radius 1 is 1.03 bits per heavy atom. The van der Waals surface area contributed by atoms with Crippen molar-refractivity contribution >= 4 is 37.1 Å². The van der Waals surface area contributed by atoms with Crippen LogP contribution in [0, 0.1) is 0 Å². The van der Waals surface area contributed by atoms with Gasteiger partial charge in [0.1, 0.15) is 0 Å². The second-order valence-corrected chi connectivity index (χ2v) is 12.5. The molecule has 0 atom stereocenters. The number of sulfonamides is 2. The summed E-state index contributed by atoms with van der Waals surface area (Å²) in [7, 11) is -6.67. The summed E-state index contributed by atoms with van der Waals surface area (Å²) < 4.78 is 51.8. The first-order valence-corrected chi connectivity index (χ1v) is 12.5. The Morgan fingerprint density at radius 2 is 1.72 bits per heavy atom. The number of nitrogens with one attached hydrogen (secondary N) is 2. The van der Waals surface area contributed by atoms with E-state index in [0.717, 1.165) is 11.3 Å². The molecule has 0 amide bonds. The molecular formula is C20H27N3O4S2. The van der Waals surface area contributed by atoms with Gasteiger partial charge in [0.05, 0.1) is 16.2 Å². The Bertz CT molecular complexity index is 1070. The van der Waals surface area contributed by atoms with Gasteiger partial charge in [0.15, 0.2) is 0 Å². The molecule has 0 unspecified atom stereocenters. The first-order chi connectivity index (χ1) is 13.5. The van der Waals surface area contributed by atoms with Crippen molar-refractivity contribution in [3.8, 4) is 0 Å². The number of nitrogens with zero attached hydrogens (tertiary/aromatic N) is 1. The van der Waals surface area contributed by atoms with E-state index in [4.69, 9.17) is 0 Å². The van der Waals surface area contributed by atoms with E-state index in [9.17, 15) is 16.8 Å². The summed E-state index contributed by atoms with van der Waals surface area (Å²) in [4.78, 5) is 0. The third-order valence-corrected chi connectivity index (χ3v) is 8.73. The number of hydrogen-bond donors (Lipinski definition) is 2. The maximum atomic E-state index is 12.2. The Hall–Kier alpha value is -2.26. The number of hydrogen-bond acceptors (Lipinski definition) is 5. The maximum Gasteiger partial charge on any atom is 0.237 e. The highest BCUT2D eigenvalue weighted by atomic mass is 32.2. The molecule has 1 saturated heterocycles. The van der Waals surface area contributed by atoms with Gasteiger partial charge in [-0.05, 0) is 63.1 Å². The van der Waals surface area contributed by atoms with Crippen molar-refractivity contribution < 1.29 is 16.8 Å². The molecule has 0 aliphatic carbocycles. The molecule has 0 saturated carbocycles. The lowest BCUT2D eigenvalue weighted by Gasteiger charge is -2.20. The zero-order valence-electron chi connectivity index (χ0n) is 16.8. The maximum absolute atomic E-state index is 12.2. The van der Waals surface area contributed by atoms with Crippen molar-refractivity contribution in [1.29, 1.82) is 0 Å². The molecule has 1 aliphatic rings. The highest BCUT2D eigenvalue weighted by Gasteiger charge is 2.29. The summed E-state index contributed by atoms with van der Waals surface area (Å²) in [5.74, 6) is 0.190. The first kappa shape index (κ1) is 21.4. The van der Waals surface area contributed by atoms with Crippen LogP contribution in [0.4, 0.5) is 17.1 Å². The zero-order chi connectivity index (χ0) is 21.3. The van der Waals surface area contributed by atoms with Crippen LogP contribution in [0.1, 0.15) is 32.8 Å². The molecule has 0 bridgehead atoms. The smallest absolute Gasteiger partial charge is 0.237 e. The fourth-order valence-electron chi connectivity index (χ4n) is 2.90. The summed E-state index contributed by atoms with van der Waals surface area (Å²) in [5, 5.41) is 3.28. The Labute approximate surface area is 173 Å². The molecule has 0 aromatic heterocycles. The fraction of sp³-hybridized carbons (Fsp3) is 0.400. The van der Waals surface area contributed by atoms with Crippen molar-refractivity contribution in [1.82, 2.24) is 0 Å². The quantitative estimate of drug-likeness (QED) is 0.722. The molecule has 158 valence electrons. The molecule has 0 radical (unpaired) electrons. The standard InChI is InChI=1S/C20H27N3O4S2/c1-20(2,3)29(26,27)22-17-10-8-16(9-11-17)15-21-18-6-4-7-19(14-18)23-12-5-13-28(23,24)25/h4,6-11,14,21-22H,5,12-13,15H2,1-3H3. The van der Waals surface area contributed by atoms with E-state index in [1.54, 1.807) is 39.0 Å². The minimum atomic E-state index is -3.46. The van der Waals surface area contributed by atoms with Gasteiger partial charge in [-0.3, -0.25) is 9.03 Å². The van der Waals surface area contributed by atoms with Gasteiger partial charge in [0.2, 0.25) is 20.0 Å². The van der Waals surface area contributed by atoms with Gasteiger partial charge < -0.3 is 5.32 Å². The van der Waals surface area contributed by atoms with Gasteiger partial charge in [-0.25, -0.2) is 16.8 Å². The Kier molecular flexibility index (Phi) is 5.82. The van der Waals surface area contributed by atoms with Crippen molar-refractivity contribution in [2.45, 2.75) is 38.5 Å². The van der Waals surface area contributed by atoms with Crippen LogP contribution in [0.3, 0.4) is 0 Å². The summed E-state index contributed by atoms with van der Waals surface area (Å²) >= 11 is 0. The van der Waals surface area contributed by atoms with Gasteiger partial charge in [0, 0.05) is 24.5 Å². The van der Waals surface area contributed by atoms with E-state index in [1.165, 1.54) is 4.31 Å². The van der Waals surface area contributed by atoms with Gasteiger partial charge in [-0.15, -0.1) is 0 Å². The van der Waals surface area contributed by atoms with Crippen molar-refractivity contribution in [3.63, 3.8) is 0 Å². The van der Waals surface area contributed by atoms with Crippen molar-refractivity contribution in [2.75, 3.05) is 26.6 Å². The molecule has 2 aromatic carbocycles. The fourth-order valence-corrected chi connectivity index (χ4v) is 5.21. The molecule has 1 heterocycles. The van der Waals surface area contributed by atoms with Crippen LogP contribution in [0.5, 0.6) is 0 Å². The zero-order valence-corrected chi connectivity index (χ0v) is 18.5. The van der Waals surface area contributed by atoms with E-state index in [-0.39, 0.29) is 5.75 Å². The molecule has 7 nitrogen and oxygen atoms in total. The number of anilines is 3. The molecule has 1 fully saturated rings.